The molecule has 77 valence electrons. The van der Waals surface area contributed by atoms with Crippen LogP contribution in [-0.2, 0) is 32.7 Å². The molecule has 0 fully saturated rings. The number of hydrogen-bond acceptors (Lipinski definition) is 2. The van der Waals surface area contributed by atoms with Crippen LogP contribution in [0.5, 0.6) is 0 Å². The molecule has 1 aromatic rings. The minimum absolute atomic E-state index is 0. The molecule has 15 heavy (non-hydrogen) atoms. The van der Waals surface area contributed by atoms with E-state index in [2.05, 4.69) is 6.07 Å². The van der Waals surface area contributed by atoms with Gasteiger partial charge in [0, 0.05) is 32.7 Å². The summed E-state index contributed by atoms with van der Waals surface area (Å²) in [5, 5.41) is 17.6. The zero-order chi connectivity index (χ0) is 10.9. The van der Waals surface area contributed by atoms with E-state index in [0.717, 1.165) is 0 Å². The number of hydrogen-bond donors (Lipinski definition) is 2. The molecule has 2 N–H and O–H groups in total. The average molecular weight is 282 g/mol. The summed E-state index contributed by atoms with van der Waals surface area (Å²) in [6.45, 7) is 3.20. The molecule has 0 saturated carbocycles. The third kappa shape index (κ3) is 3.11. The predicted octanol–water partition coefficient (Wildman–Crippen LogP) is 1.50. The van der Waals surface area contributed by atoms with Gasteiger partial charge in [-0.25, -0.2) is 4.79 Å². The largest absolute Gasteiger partial charge is 0.487 e. The van der Waals surface area contributed by atoms with Crippen LogP contribution in [0, 0.1) is 19.9 Å². The predicted molar refractivity (Wildman–Crippen MR) is 48.7 cm³/mol. The molecular formula is C10H9O4Y-. The molecule has 1 radical (unpaired) electrons. The third-order valence-electron chi connectivity index (χ3n) is 1.83. The number of aromatic carboxylic acids is 2. The second-order valence-corrected chi connectivity index (χ2v) is 2.98. The number of carboxylic acid groups (broad SMARTS) is 2. The Labute approximate surface area is 112 Å². The first kappa shape index (κ1) is 14.3. The fourth-order valence-electron chi connectivity index (χ4n) is 1.33. The molecule has 1 aromatic carbocycles. The molecule has 0 heterocycles. The van der Waals surface area contributed by atoms with Gasteiger partial charge in [-0.3, -0.25) is 4.79 Å². The Bertz CT molecular complexity index is 412. The summed E-state index contributed by atoms with van der Waals surface area (Å²) >= 11 is 0. The van der Waals surface area contributed by atoms with Crippen molar-refractivity contribution in [1.29, 1.82) is 0 Å². The van der Waals surface area contributed by atoms with Crippen LogP contribution < -0.4 is 0 Å². The monoisotopic (exact) mass is 282 g/mol. The van der Waals surface area contributed by atoms with Crippen molar-refractivity contribution in [3.63, 3.8) is 0 Å². The van der Waals surface area contributed by atoms with E-state index in [9.17, 15) is 9.59 Å². The van der Waals surface area contributed by atoms with Crippen LogP contribution in [0.15, 0.2) is 6.07 Å². The van der Waals surface area contributed by atoms with E-state index in [1.165, 1.54) is 13.0 Å². The Hall–Kier alpha value is -0.736. The zero-order valence-electron chi connectivity index (χ0n) is 8.37. The molecule has 0 saturated heterocycles. The molecule has 0 aromatic heterocycles. The zero-order valence-corrected chi connectivity index (χ0v) is 11.2. The van der Waals surface area contributed by atoms with Gasteiger partial charge >= 0.3 is 5.97 Å². The van der Waals surface area contributed by atoms with Crippen molar-refractivity contribution in [3.8, 4) is 0 Å². The first-order valence-corrected chi connectivity index (χ1v) is 3.93. The van der Waals surface area contributed by atoms with Crippen LogP contribution >= 0.6 is 0 Å². The van der Waals surface area contributed by atoms with Gasteiger partial charge in [0.1, 0.15) is 0 Å². The van der Waals surface area contributed by atoms with Crippen LogP contribution in [0.4, 0.5) is 0 Å². The molecular weight excluding hydrogens is 273 g/mol. The Morgan fingerprint density at radius 2 is 1.73 bits per heavy atom. The molecule has 0 unspecified atom stereocenters. The van der Waals surface area contributed by atoms with Gasteiger partial charge in [-0.15, -0.1) is 0 Å². The van der Waals surface area contributed by atoms with E-state index in [0.29, 0.717) is 11.1 Å². The van der Waals surface area contributed by atoms with Crippen molar-refractivity contribution in [2.45, 2.75) is 13.8 Å². The van der Waals surface area contributed by atoms with Crippen LogP contribution in [0.25, 0.3) is 0 Å². The smallest absolute Gasteiger partial charge is 0.311 e. The maximum Gasteiger partial charge on any atom is 0.311 e. The molecule has 0 aliphatic carbocycles. The van der Waals surface area contributed by atoms with Gasteiger partial charge in [-0.1, -0.05) is 13.8 Å². The molecule has 1 rings (SSSR count). The first-order valence-electron chi connectivity index (χ1n) is 3.93. The minimum Gasteiger partial charge on any atom is -0.487 e. The summed E-state index contributed by atoms with van der Waals surface area (Å²) < 4.78 is 0. The molecule has 5 heteroatoms. The molecule has 0 aliphatic heterocycles. The minimum atomic E-state index is -1.24. The molecule has 0 amide bonds. The second kappa shape index (κ2) is 5.38. The quantitative estimate of drug-likeness (QED) is 0.806. The van der Waals surface area contributed by atoms with Crippen LogP contribution in [0.3, 0.4) is 0 Å². The Kier molecular flexibility index (Phi) is 5.11. The maximum atomic E-state index is 10.8. The SMILES string of the molecule is Cc1[c-]c(C)c(C(=O)O)c(C(=O)O)c1.[Y]. The van der Waals surface area contributed by atoms with Crippen LogP contribution in [0.2, 0.25) is 0 Å². The van der Waals surface area contributed by atoms with E-state index in [1.54, 1.807) is 6.92 Å². The molecule has 0 atom stereocenters. The number of benzene rings is 1. The average Bonchev–Trinajstić information content (AvgIpc) is 2.01. The van der Waals surface area contributed by atoms with Gasteiger partial charge < -0.3 is 10.2 Å². The Balaban J connectivity index is 0.00000196. The molecule has 4 nitrogen and oxygen atoms in total. The number of rotatable bonds is 2. The molecule has 0 aliphatic rings. The van der Waals surface area contributed by atoms with Crippen molar-refractivity contribution < 1.29 is 52.5 Å². The van der Waals surface area contributed by atoms with Gasteiger partial charge in [-0.2, -0.15) is 23.3 Å². The Morgan fingerprint density at radius 3 is 2.13 bits per heavy atom. The van der Waals surface area contributed by atoms with Gasteiger partial charge in [-0.05, 0) is 11.1 Å². The third-order valence-corrected chi connectivity index (χ3v) is 1.83. The fourth-order valence-corrected chi connectivity index (χ4v) is 1.33. The fraction of sp³-hybridized carbons (Fsp3) is 0.200. The van der Waals surface area contributed by atoms with Crippen molar-refractivity contribution in [1.82, 2.24) is 0 Å². The number of carboxylic acids is 2. The maximum absolute atomic E-state index is 10.8. The Morgan fingerprint density at radius 1 is 1.20 bits per heavy atom. The summed E-state index contributed by atoms with van der Waals surface area (Å²) in [4.78, 5) is 21.5. The summed E-state index contributed by atoms with van der Waals surface area (Å²) in [6.07, 6.45) is 0. The summed E-state index contributed by atoms with van der Waals surface area (Å²) in [5.41, 5.74) is 0.578. The second-order valence-electron chi connectivity index (χ2n) is 2.98. The van der Waals surface area contributed by atoms with Gasteiger partial charge in [0.15, 0.2) is 0 Å². The van der Waals surface area contributed by atoms with Gasteiger partial charge in [0.05, 0.1) is 0 Å². The van der Waals surface area contributed by atoms with E-state index in [4.69, 9.17) is 10.2 Å². The summed E-state index contributed by atoms with van der Waals surface area (Å²) in [6, 6.07) is 4.08. The molecule has 0 spiro atoms. The normalized spacial score (nSPS) is 9.20. The van der Waals surface area contributed by atoms with Crippen molar-refractivity contribution in [2.24, 2.45) is 0 Å². The topological polar surface area (TPSA) is 74.6 Å². The van der Waals surface area contributed by atoms with E-state index in [-0.39, 0.29) is 43.8 Å². The first-order chi connectivity index (χ1) is 6.43. The summed E-state index contributed by atoms with van der Waals surface area (Å²) in [7, 11) is 0. The van der Waals surface area contributed by atoms with Crippen LogP contribution in [0.1, 0.15) is 31.8 Å². The molecule has 0 bridgehead atoms. The number of aryl methyl sites for hydroxylation is 2. The van der Waals surface area contributed by atoms with Gasteiger partial charge in [0.25, 0.3) is 5.97 Å². The van der Waals surface area contributed by atoms with E-state index in [1.807, 2.05) is 0 Å². The number of carbonyl (C=O) groups is 2. The van der Waals surface area contributed by atoms with Crippen LogP contribution in [-0.4, -0.2) is 22.2 Å². The van der Waals surface area contributed by atoms with E-state index < -0.39 is 11.9 Å². The van der Waals surface area contributed by atoms with Crippen molar-refractivity contribution in [2.75, 3.05) is 0 Å². The van der Waals surface area contributed by atoms with Crippen molar-refractivity contribution in [3.05, 3.63) is 34.4 Å². The summed E-state index contributed by atoms with van der Waals surface area (Å²) in [5.74, 6) is -2.47. The van der Waals surface area contributed by atoms with Gasteiger partial charge in [0.2, 0.25) is 0 Å². The van der Waals surface area contributed by atoms with E-state index >= 15 is 0 Å². The van der Waals surface area contributed by atoms with Crippen molar-refractivity contribution >= 4 is 11.9 Å². The standard InChI is InChI=1S/C10H9O4.Y/c1-5-3-6(2)8(10(13)14)7(4-5)9(11)12;/h4H,1-2H3,(H,11,12)(H,13,14);/q-1;.